The molecule has 1 atom stereocenters. The van der Waals surface area contributed by atoms with Gasteiger partial charge in [0, 0.05) is 0 Å². The molecule has 0 aliphatic carbocycles. The van der Waals surface area contributed by atoms with E-state index in [1.54, 1.807) is 32.9 Å². The van der Waals surface area contributed by atoms with Crippen molar-refractivity contribution in [3.63, 3.8) is 0 Å². The van der Waals surface area contributed by atoms with Gasteiger partial charge in [-0.2, -0.15) is 0 Å². The van der Waals surface area contributed by atoms with Crippen LogP contribution in [0.5, 0.6) is 0 Å². The molecule has 0 aromatic heterocycles. The number of rotatable bonds is 7. The maximum absolute atomic E-state index is 12.3. The van der Waals surface area contributed by atoms with Gasteiger partial charge in [-0.1, -0.05) is 44.2 Å². The average Bonchev–Trinajstić information content (AvgIpc) is 2.51. The van der Waals surface area contributed by atoms with Crippen LogP contribution in [0.2, 0.25) is 0 Å². The molecule has 0 aliphatic heterocycles. The first-order chi connectivity index (χ1) is 12.1. The van der Waals surface area contributed by atoms with Gasteiger partial charge in [0.15, 0.2) is 0 Å². The zero-order valence-electron chi connectivity index (χ0n) is 16.1. The van der Waals surface area contributed by atoms with Crippen LogP contribution in [0.3, 0.4) is 0 Å². The Morgan fingerprint density at radius 3 is 2.19 bits per heavy atom. The maximum Gasteiger partial charge on any atom is 0.516 e. The number of carbonyl (C=O) groups excluding carboxylic acids is 3. The summed E-state index contributed by atoms with van der Waals surface area (Å²) in [6.07, 6.45) is -0.845. The summed E-state index contributed by atoms with van der Waals surface area (Å²) in [5, 5.41) is 0. The van der Waals surface area contributed by atoms with Gasteiger partial charge in [0.05, 0.1) is 12.3 Å². The predicted molar refractivity (Wildman–Crippen MR) is 96.1 cm³/mol. The fourth-order valence-electron chi connectivity index (χ4n) is 2.30. The van der Waals surface area contributed by atoms with Gasteiger partial charge in [-0.3, -0.25) is 9.59 Å². The Hall–Kier alpha value is -2.37. The average molecular weight is 364 g/mol. The van der Waals surface area contributed by atoms with Crippen molar-refractivity contribution in [1.29, 1.82) is 0 Å². The van der Waals surface area contributed by atoms with Crippen LogP contribution in [0.1, 0.15) is 53.0 Å². The molecule has 0 fully saturated rings. The Labute approximate surface area is 154 Å². The lowest BCUT2D eigenvalue weighted by Crippen LogP contribution is -2.31. The quantitative estimate of drug-likeness (QED) is 0.531. The molecule has 0 amide bonds. The van der Waals surface area contributed by atoms with E-state index in [2.05, 4.69) is 4.74 Å². The Morgan fingerprint density at radius 2 is 1.65 bits per heavy atom. The smallest absolute Gasteiger partial charge is 0.460 e. The predicted octanol–water partition coefficient (Wildman–Crippen LogP) is 4.26. The van der Waals surface area contributed by atoms with Gasteiger partial charge in [-0.25, -0.2) is 4.79 Å². The summed E-state index contributed by atoms with van der Waals surface area (Å²) in [5.74, 6) is -1.76. The topological polar surface area (TPSA) is 78.9 Å². The minimum Gasteiger partial charge on any atom is -0.460 e. The van der Waals surface area contributed by atoms with Crippen LogP contribution >= 0.6 is 0 Å². The highest BCUT2D eigenvalue weighted by Crippen LogP contribution is 2.21. The summed E-state index contributed by atoms with van der Waals surface area (Å²) < 4.78 is 14.9. The second kappa shape index (κ2) is 9.94. The number of esters is 2. The maximum atomic E-state index is 12.3. The molecule has 1 aromatic carbocycles. The molecule has 0 aliphatic rings. The molecule has 1 unspecified atom stereocenters. The van der Waals surface area contributed by atoms with Gasteiger partial charge in [0.25, 0.3) is 0 Å². The molecule has 0 N–H and O–H groups in total. The third-order valence-corrected chi connectivity index (χ3v) is 3.31. The van der Waals surface area contributed by atoms with E-state index in [-0.39, 0.29) is 18.9 Å². The number of benzene rings is 1. The Morgan fingerprint density at radius 1 is 1.04 bits per heavy atom. The van der Waals surface area contributed by atoms with E-state index in [0.29, 0.717) is 6.42 Å². The van der Waals surface area contributed by atoms with Crippen molar-refractivity contribution in [2.24, 2.45) is 11.8 Å². The van der Waals surface area contributed by atoms with E-state index < -0.39 is 29.6 Å². The van der Waals surface area contributed by atoms with E-state index in [9.17, 15) is 14.4 Å². The molecule has 26 heavy (non-hydrogen) atoms. The van der Waals surface area contributed by atoms with E-state index in [0.717, 1.165) is 5.56 Å². The summed E-state index contributed by atoms with van der Waals surface area (Å²) >= 11 is 0. The first-order valence-electron chi connectivity index (χ1n) is 8.71. The van der Waals surface area contributed by atoms with Crippen molar-refractivity contribution in [2.75, 3.05) is 0 Å². The van der Waals surface area contributed by atoms with Gasteiger partial charge < -0.3 is 14.2 Å². The van der Waals surface area contributed by atoms with Gasteiger partial charge in [0.1, 0.15) is 12.2 Å². The van der Waals surface area contributed by atoms with Crippen molar-refractivity contribution < 1.29 is 28.6 Å². The molecule has 1 aromatic rings. The van der Waals surface area contributed by atoms with Crippen molar-refractivity contribution >= 4 is 18.1 Å². The monoisotopic (exact) mass is 364 g/mol. The summed E-state index contributed by atoms with van der Waals surface area (Å²) in [7, 11) is 0. The van der Waals surface area contributed by atoms with Crippen LogP contribution in [-0.4, -0.2) is 23.7 Å². The zero-order chi connectivity index (χ0) is 19.7. The van der Waals surface area contributed by atoms with Crippen molar-refractivity contribution in [2.45, 2.75) is 59.7 Å². The van der Waals surface area contributed by atoms with Gasteiger partial charge >= 0.3 is 18.1 Å². The fraction of sp³-hybridized carbons (Fsp3) is 0.550. The second-order valence-electron chi connectivity index (χ2n) is 7.56. The Kier molecular flexibility index (Phi) is 8.29. The summed E-state index contributed by atoms with van der Waals surface area (Å²) in [5.41, 5.74) is 0.133. The third kappa shape index (κ3) is 9.20. The Balaban J connectivity index is 2.54. The number of ether oxygens (including phenoxy) is 3. The van der Waals surface area contributed by atoms with Crippen molar-refractivity contribution in [3.8, 4) is 0 Å². The second-order valence-corrected chi connectivity index (χ2v) is 7.56. The SMILES string of the molecule is CC(C)CC(CC(=O)OC(=O)OCc1ccccc1)C(=O)OC(C)(C)C. The molecule has 6 nitrogen and oxygen atoms in total. The van der Waals surface area contributed by atoms with Crippen LogP contribution in [0.15, 0.2) is 30.3 Å². The van der Waals surface area contributed by atoms with Crippen LogP contribution < -0.4 is 0 Å². The minimum atomic E-state index is -1.08. The van der Waals surface area contributed by atoms with Crippen LogP contribution in [0.25, 0.3) is 0 Å². The normalized spacial score (nSPS) is 12.4. The summed E-state index contributed by atoms with van der Waals surface area (Å²) in [6.45, 7) is 9.17. The molecule has 0 radical (unpaired) electrons. The van der Waals surface area contributed by atoms with E-state index >= 15 is 0 Å². The van der Waals surface area contributed by atoms with Crippen LogP contribution in [0.4, 0.5) is 4.79 Å². The molecule has 144 valence electrons. The summed E-state index contributed by atoms with van der Waals surface area (Å²) in [4.78, 5) is 35.9. The first-order valence-corrected chi connectivity index (χ1v) is 8.71. The number of hydrogen-bond acceptors (Lipinski definition) is 6. The third-order valence-electron chi connectivity index (χ3n) is 3.31. The zero-order valence-corrected chi connectivity index (χ0v) is 16.1. The van der Waals surface area contributed by atoms with E-state index in [1.165, 1.54) is 0 Å². The van der Waals surface area contributed by atoms with Crippen molar-refractivity contribution in [1.82, 2.24) is 0 Å². The fourth-order valence-corrected chi connectivity index (χ4v) is 2.30. The highest BCUT2D eigenvalue weighted by atomic mass is 16.7. The first kappa shape index (κ1) is 21.7. The van der Waals surface area contributed by atoms with Gasteiger partial charge in [-0.05, 0) is 38.7 Å². The van der Waals surface area contributed by atoms with Gasteiger partial charge in [-0.15, -0.1) is 0 Å². The molecule has 0 bridgehead atoms. The molecule has 6 heteroatoms. The van der Waals surface area contributed by atoms with Crippen molar-refractivity contribution in [3.05, 3.63) is 35.9 Å². The minimum absolute atomic E-state index is 0.00837. The largest absolute Gasteiger partial charge is 0.516 e. The highest BCUT2D eigenvalue weighted by molar-refractivity contribution is 5.85. The molecular weight excluding hydrogens is 336 g/mol. The van der Waals surface area contributed by atoms with E-state index in [1.807, 2.05) is 32.0 Å². The van der Waals surface area contributed by atoms with Gasteiger partial charge in [0.2, 0.25) is 0 Å². The molecule has 0 heterocycles. The Bertz CT molecular complexity index is 600. The molecule has 1 rings (SSSR count). The standard InChI is InChI=1S/C20H28O6/c1-14(2)11-16(18(22)26-20(3,4)5)12-17(21)25-19(23)24-13-15-9-7-6-8-10-15/h6-10,14,16H,11-13H2,1-5H3. The molecule has 0 saturated heterocycles. The molecule has 0 saturated carbocycles. The lowest BCUT2D eigenvalue weighted by molar-refractivity contribution is -0.164. The highest BCUT2D eigenvalue weighted by Gasteiger charge is 2.29. The lowest BCUT2D eigenvalue weighted by Gasteiger charge is -2.24. The lowest BCUT2D eigenvalue weighted by atomic mass is 9.94. The molecular formula is C20H28O6. The number of hydrogen-bond donors (Lipinski definition) is 0. The van der Waals surface area contributed by atoms with E-state index in [4.69, 9.17) is 9.47 Å². The summed E-state index contributed by atoms with van der Waals surface area (Å²) in [6, 6.07) is 9.04. The molecule has 0 spiro atoms. The van der Waals surface area contributed by atoms with Crippen LogP contribution in [-0.2, 0) is 30.4 Å². The van der Waals surface area contributed by atoms with Crippen LogP contribution in [0, 0.1) is 11.8 Å². The number of carbonyl (C=O) groups is 3.